The van der Waals surface area contributed by atoms with Crippen molar-refractivity contribution in [2.24, 2.45) is 0 Å². The van der Waals surface area contributed by atoms with Crippen LogP contribution in [0.25, 0.3) is 0 Å². The molecule has 1 rings (SSSR count). The highest BCUT2D eigenvalue weighted by Gasteiger charge is 2.17. The first-order valence-corrected chi connectivity index (χ1v) is 6.80. The number of likely N-dealkylation sites (N-methyl/N-ethyl adjacent to an activating group) is 1. The van der Waals surface area contributed by atoms with Crippen LogP contribution in [0.1, 0.15) is 39.0 Å². The van der Waals surface area contributed by atoms with Gasteiger partial charge in [-0.15, -0.1) is 0 Å². The van der Waals surface area contributed by atoms with Gasteiger partial charge in [0, 0.05) is 19.0 Å². The predicted molar refractivity (Wildman–Crippen MR) is 69.0 cm³/mol. The molecule has 4 nitrogen and oxygen atoms in total. The van der Waals surface area contributed by atoms with Gasteiger partial charge >= 0.3 is 5.97 Å². The zero-order chi connectivity index (χ0) is 12.5. The number of carbonyl (C=O) groups excluding carboxylic acids is 1. The van der Waals surface area contributed by atoms with E-state index in [-0.39, 0.29) is 5.97 Å². The van der Waals surface area contributed by atoms with Crippen LogP contribution in [0.2, 0.25) is 0 Å². The van der Waals surface area contributed by atoms with Gasteiger partial charge in [0.2, 0.25) is 0 Å². The van der Waals surface area contributed by atoms with E-state index in [1.165, 1.54) is 19.5 Å². The topological polar surface area (TPSA) is 41.6 Å². The van der Waals surface area contributed by atoms with E-state index < -0.39 is 0 Å². The Morgan fingerprint density at radius 3 is 2.88 bits per heavy atom. The highest BCUT2D eigenvalue weighted by atomic mass is 16.5. The van der Waals surface area contributed by atoms with Gasteiger partial charge in [-0.2, -0.15) is 0 Å². The normalized spacial score (nSPS) is 20.7. The van der Waals surface area contributed by atoms with Gasteiger partial charge in [0.15, 0.2) is 0 Å². The standard InChI is InChI=1S/C13H26N2O2/c1-3-17-13(16)7-5-4-6-9-14-12-8-10-15(2)11-12/h12,14H,3-11H2,1-2H3. The average molecular weight is 242 g/mol. The predicted octanol–water partition coefficient (Wildman–Crippen LogP) is 1.40. The number of unbranched alkanes of at least 4 members (excludes halogenated alkanes) is 2. The first-order chi connectivity index (χ1) is 8.22. The zero-order valence-electron chi connectivity index (χ0n) is 11.2. The van der Waals surface area contributed by atoms with E-state index in [1.54, 1.807) is 0 Å². The molecule has 4 heteroatoms. The van der Waals surface area contributed by atoms with Crippen molar-refractivity contribution in [3.05, 3.63) is 0 Å². The fourth-order valence-electron chi connectivity index (χ4n) is 2.21. The number of hydrogen-bond acceptors (Lipinski definition) is 4. The van der Waals surface area contributed by atoms with E-state index in [2.05, 4.69) is 17.3 Å². The van der Waals surface area contributed by atoms with Gasteiger partial charge in [-0.25, -0.2) is 0 Å². The van der Waals surface area contributed by atoms with Crippen LogP contribution in [0.5, 0.6) is 0 Å². The molecule has 1 N–H and O–H groups in total. The second kappa shape index (κ2) is 8.48. The fourth-order valence-corrected chi connectivity index (χ4v) is 2.21. The van der Waals surface area contributed by atoms with Crippen molar-refractivity contribution >= 4 is 5.97 Å². The number of rotatable bonds is 8. The monoisotopic (exact) mass is 242 g/mol. The number of hydrogen-bond donors (Lipinski definition) is 1. The lowest BCUT2D eigenvalue weighted by Crippen LogP contribution is -2.32. The molecule has 1 atom stereocenters. The van der Waals surface area contributed by atoms with E-state index in [0.717, 1.165) is 25.8 Å². The summed E-state index contributed by atoms with van der Waals surface area (Å²) >= 11 is 0. The van der Waals surface area contributed by atoms with E-state index in [0.29, 0.717) is 19.1 Å². The minimum atomic E-state index is -0.0575. The van der Waals surface area contributed by atoms with E-state index in [1.807, 2.05) is 6.92 Å². The summed E-state index contributed by atoms with van der Waals surface area (Å²) in [6.07, 6.45) is 5.04. The summed E-state index contributed by atoms with van der Waals surface area (Å²) in [6, 6.07) is 0.671. The van der Waals surface area contributed by atoms with E-state index >= 15 is 0 Å². The lowest BCUT2D eigenvalue weighted by atomic mass is 10.2. The first-order valence-electron chi connectivity index (χ1n) is 6.80. The van der Waals surface area contributed by atoms with Crippen molar-refractivity contribution in [2.75, 3.05) is 33.3 Å². The van der Waals surface area contributed by atoms with Gasteiger partial charge in [0.05, 0.1) is 6.61 Å². The van der Waals surface area contributed by atoms with Crippen LogP contribution >= 0.6 is 0 Å². The lowest BCUT2D eigenvalue weighted by molar-refractivity contribution is -0.143. The Morgan fingerprint density at radius 1 is 1.41 bits per heavy atom. The summed E-state index contributed by atoms with van der Waals surface area (Å²) < 4.78 is 4.88. The molecule has 1 saturated heterocycles. The van der Waals surface area contributed by atoms with Crippen LogP contribution in [0.4, 0.5) is 0 Å². The molecule has 1 fully saturated rings. The van der Waals surface area contributed by atoms with Crippen molar-refractivity contribution in [3.63, 3.8) is 0 Å². The van der Waals surface area contributed by atoms with Gasteiger partial charge in [0.1, 0.15) is 0 Å². The van der Waals surface area contributed by atoms with Crippen molar-refractivity contribution in [1.29, 1.82) is 0 Å². The second-order valence-corrected chi connectivity index (χ2v) is 4.82. The molecular weight excluding hydrogens is 216 g/mol. The van der Waals surface area contributed by atoms with Crippen LogP contribution in [0.15, 0.2) is 0 Å². The molecule has 0 spiro atoms. The van der Waals surface area contributed by atoms with E-state index in [9.17, 15) is 4.79 Å². The Kier molecular flexibility index (Phi) is 7.21. The van der Waals surface area contributed by atoms with Crippen molar-refractivity contribution in [3.8, 4) is 0 Å². The highest BCUT2D eigenvalue weighted by molar-refractivity contribution is 5.69. The molecule has 0 saturated carbocycles. The SMILES string of the molecule is CCOC(=O)CCCCCNC1CCN(C)C1. The van der Waals surface area contributed by atoms with Gasteiger partial charge in [-0.05, 0) is 46.3 Å². The summed E-state index contributed by atoms with van der Waals surface area (Å²) in [5.41, 5.74) is 0. The largest absolute Gasteiger partial charge is 0.466 e. The molecule has 17 heavy (non-hydrogen) atoms. The second-order valence-electron chi connectivity index (χ2n) is 4.82. The Hall–Kier alpha value is -0.610. The van der Waals surface area contributed by atoms with E-state index in [4.69, 9.17) is 4.74 Å². The Morgan fingerprint density at radius 2 is 2.24 bits per heavy atom. The van der Waals surface area contributed by atoms with Crippen LogP contribution in [-0.2, 0) is 9.53 Å². The van der Waals surface area contributed by atoms with Gasteiger partial charge in [-0.3, -0.25) is 4.79 Å². The first kappa shape index (κ1) is 14.5. The molecule has 0 aromatic carbocycles. The van der Waals surface area contributed by atoms with Crippen molar-refractivity contribution in [2.45, 2.75) is 45.1 Å². The van der Waals surface area contributed by atoms with Gasteiger partial charge < -0.3 is 15.0 Å². The fraction of sp³-hybridized carbons (Fsp3) is 0.923. The third kappa shape index (κ3) is 6.64. The van der Waals surface area contributed by atoms with Crippen LogP contribution < -0.4 is 5.32 Å². The molecule has 1 aliphatic heterocycles. The van der Waals surface area contributed by atoms with Crippen LogP contribution in [-0.4, -0.2) is 50.2 Å². The maximum Gasteiger partial charge on any atom is 0.305 e. The maximum atomic E-state index is 11.1. The molecule has 100 valence electrons. The number of nitrogens with zero attached hydrogens (tertiary/aromatic N) is 1. The minimum Gasteiger partial charge on any atom is -0.466 e. The molecule has 0 aliphatic carbocycles. The molecule has 0 aromatic heterocycles. The minimum absolute atomic E-state index is 0.0575. The highest BCUT2D eigenvalue weighted by Crippen LogP contribution is 2.06. The molecule has 1 heterocycles. The lowest BCUT2D eigenvalue weighted by Gasteiger charge is -2.12. The summed E-state index contributed by atoms with van der Waals surface area (Å²) in [5.74, 6) is -0.0575. The molecule has 0 aromatic rings. The maximum absolute atomic E-state index is 11.1. The number of esters is 1. The number of ether oxygens (including phenoxy) is 1. The molecule has 0 bridgehead atoms. The zero-order valence-corrected chi connectivity index (χ0v) is 11.2. The number of carbonyl (C=O) groups is 1. The van der Waals surface area contributed by atoms with Crippen LogP contribution in [0, 0.1) is 0 Å². The third-order valence-electron chi connectivity index (χ3n) is 3.19. The summed E-state index contributed by atoms with van der Waals surface area (Å²) in [7, 11) is 2.17. The Bertz CT molecular complexity index is 221. The molecule has 0 radical (unpaired) electrons. The third-order valence-corrected chi connectivity index (χ3v) is 3.19. The van der Waals surface area contributed by atoms with Crippen LogP contribution in [0.3, 0.4) is 0 Å². The number of nitrogens with one attached hydrogen (secondary N) is 1. The summed E-state index contributed by atoms with van der Waals surface area (Å²) in [6.45, 7) is 5.79. The molecule has 1 unspecified atom stereocenters. The van der Waals surface area contributed by atoms with Gasteiger partial charge in [0.25, 0.3) is 0 Å². The smallest absolute Gasteiger partial charge is 0.305 e. The molecule has 1 aliphatic rings. The van der Waals surface area contributed by atoms with Crippen molar-refractivity contribution in [1.82, 2.24) is 10.2 Å². The summed E-state index contributed by atoms with van der Waals surface area (Å²) in [4.78, 5) is 13.4. The quantitative estimate of drug-likeness (QED) is 0.516. The van der Waals surface area contributed by atoms with Crippen molar-refractivity contribution < 1.29 is 9.53 Å². The molecular formula is C13H26N2O2. The molecule has 0 amide bonds. The van der Waals surface area contributed by atoms with Gasteiger partial charge in [-0.1, -0.05) is 6.42 Å². The average Bonchev–Trinajstić information content (AvgIpc) is 2.70. The Balaban J connectivity index is 1.86. The number of likely N-dealkylation sites (tertiary alicyclic amines) is 1. The Labute approximate surface area is 105 Å². The summed E-state index contributed by atoms with van der Waals surface area (Å²) in [5, 5.41) is 3.57.